The molecule has 176 valence electrons. The minimum absolute atomic E-state index is 0.0906. The monoisotopic (exact) mass is 453 g/mol. The summed E-state index contributed by atoms with van der Waals surface area (Å²) in [6.45, 7) is 1.38. The summed E-state index contributed by atoms with van der Waals surface area (Å²) >= 11 is 0. The van der Waals surface area contributed by atoms with E-state index in [2.05, 4.69) is 15.0 Å². The van der Waals surface area contributed by atoms with Crippen LogP contribution in [0.5, 0.6) is 0 Å². The van der Waals surface area contributed by atoms with E-state index in [9.17, 15) is 30.1 Å². The number of fused-ring (bicyclic) bond motifs is 2. The van der Waals surface area contributed by atoms with Crippen LogP contribution < -0.4 is 5.32 Å². The van der Waals surface area contributed by atoms with Gasteiger partial charge in [0.15, 0.2) is 12.2 Å². The maximum Gasteiger partial charge on any atom is 0.294 e. The standard InChI is InChI=1S/C9H14N2O7.C6H9NO6/c12-5-10-1-2-15-6-3-16-9-7(18-11(13)14)4-17-8(6)9;8-3-1-11-6-4(13-7(9)10)2-12-5(3)6/h5-9H,1-4H2,(H,10,12);3-6,8H,1-2H2/t6-,7+,8+,9+;3-,4+,5+,6+/m00/s1. The minimum atomic E-state index is -0.871. The van der Waals surface area contributed by atoms with Gasteiger partial charge in [-0.3, -0.25) is 4.79 Å². The third-order valence-corrected chi connectivity index (χ3v) is 5.05. The summed E-state index contributed by atoms with van der Waals surface area (Å²) < 4.78 is 26.5. The number of rotatable bonds is 9. The van der Waals surface area contributed by atoms with Crippen LogP contribution in [-0.4, -0.2) is 110 Å². The molecule has 0 aromatic heterocycles. The molecule has 4 fully saturated rings. The molecule has 8 atom stereocenters. The van der Waals surface area contributed by atoms with Gasteiger partial charge in [0.25, 0.3) is 10.2 Å². The molecule has 2 N–H and O–H groups in total. The van der Waals surface area contributed by atoms with Crippen molar-refractivity contribution in [3.63, 3.8) is 0 Å². The van der Waals surface area contributed by atoms with Gasteiger partial charge in [-0.1, -0.05) is 0 Å². The van der Waals surface area contributed by atoms with Crippen molar-refractivity contribution in [1.29, 1.82) is 0 Å². The highest BCUT2D eigenvalue weighted by atomic mass is 17.0. The first-order chi connectivity index (χ1) is 14.9. The zero-order valence-electron chi connectivity index (χ0n) is 16.2. The van der Waals surface area contributed by atoms with Crippen molar-refractivity contribution < 1.29 is 53.4 Å². The van der Waals surface area contributed by atoms with Crippen molar-refractivity contribution in [2.75, 3.05) is 39.6 Å². The largest absolute Gasteiger partial charge is 0.388 e. The van der Waals surface area contributed by atoms with E-state index in [0.717, 1.165) is 0 Å². The molecule has 0 aromatic carbocycles. The molecule has 4 rings (SSSR count). The van der Waals surface area contributed by atoms with Gasteiger partial charge in [0.2, 0.25) is 6.41 Å². The predicted octanol–water partition coefficient (Wildman–Crippen LogP) is -2.79. The van der Waals surface area contributed by atoms with Gasteiger partial charge in [-0.2, -0.15) is 0 Å². The summed E-state index contributed by atoms with van der Waals surface area (Å²) in [4.78, 5) is 39.1. The van der Waals surface area contributed by atoms with Crippen molar-refractivity contribution in [2.45, 2.75) is 48.8 Å². The summed E-state index contributed by atoms with van der Waals surface area (Å²) in [5.41, 5.74) is 0. The smallest absolute Gasteiger partial charge is 0.294 e. The van der Waals surface area contributed by atoms with E-state index < -0.39 is 46.8 Å². The maximum absolute atomic E-state index is 10.3. The van der Waals surface area contributed by atoms with Gasteiger partial charge in [-0.25, -0.2) is 0 Å². The summed E-state index contributed by atoms with van der Waals surface area (Å²) in [6.07, 6.45) is -3.64. The van der Waals surface area contributed by atoms with Gasteiger partial charge in [-0.15, -0.1) is 20.2 Å². The zero-order chi connectivity index (χ0) is 22.4. The molecule has 0 bridgehead atoms. The van der Waals surface area contributed by atoms with Crippen molar-refractivity contribution in [3.8, 4) is 0 Å². The lowest BCUT2D eigenvalue weighted by Crippen LogP contribution is -2.35. The average molecular weight is 453 g/mol. The van der Waals surface area contributed by atoms with Gasteiger partial charge < -0.3 is 43.8 Å². The Hall–Kier alpha value is -2.37. The lowest BCUT2D eigenvalue weighted by atomic mass is 10.1. The SMILES string of the molecule is O=CNCCO[C@H]1CO[C@H]2[C@@H]1OC[C@H]2O[N+](=O)[O-].O=[N+]([O-])O[C@@H]1CO[C@H]2[C@@H]1OC[C@@H]2O. The average Bonchev–Trinajstić information content (AvgIpc) is 3.46. The molecule has 1 amide bonds. The molecule has 0 saturated carbocycles. The van der Waals surface area contributed by atoms with E-state index in [1.165, 1.54) is 0 Å². The van der Waals surface area contributed by atoms with Gasteiger partial charge >= 0.3 is 0 Å². The number of aliphatic hydroxyl groups is 1. The molecule has 4 saturated heterocycles. The molecular formula is C15H23N3O13. The third-order valence-electron chi connectivity index (χ3n) is 5.05. The van der Waals surface area contributed by atoms with Crippen LogP contribution in [0.4, 0.5) is 0 Å². The van der Waals surface area contributed by atoms with Gasteiger partial charge in [0.05, 0.1) is 33.0 Å². The van der Waals surface area contributed by atoms with E-state index in [-0.39, 0.29) is 32.0 Å². The second kappa shape index (κ2) is 10.8. The Bertz CT molecular complexity index is 639. The van der Waals surface area contributed by atoms with Gasteiger partial charge in [-0.05, 0) is 0 Å². The highest BCUT2D eigenvalue weighted by molar-refractivity contribution is 5.45. The summed E-state index contributed by atoms with van der Waals surface area (Å²) in [7, 11) is 0. The first-order valence-electron chi connectivity index (χ1n) is 9.46. The minimum Gasteiger partial charge on any atom is -0.388 e. The molecule has 0 aliphatic carbocycles. The van der Waals surface area contributed by atoms with Crippen LogP contribution in [0, 0.1) is 20.2 Å². The first-order valence-corrected chi connectivity index (χ1v) is 9.46. The highest BCUT2D eigenvalue weighted by Crippen LogP contribution is 2.30. The van der Waals surface area contributed by atoms with E-state index in [1.807, 2.05) is 0 Å². The first kappa shape index (κ1) is 23.3. The Balaban J connectivity index is 0.000000185. The third kappa shape index (κ3) is 5.86. The molecule has 0 unspecified atom stereocenters. The van der Waals surface area contributed by atoms with Crippen LogP contribution in [0.25, 0.3) is 0 Å². The topological polar surface area (TPSA) is 200 Å². The van der Waals surface area contributed by atoms with E-state index >= 15 is 0 Å². The summed E-state index contributed by atoms with van der Waals surface area (Å²) in [5, 5.41) is 30.3. The van der Waals surface area contributed by atoms with Gasteiger partial charge in [0, 0.05) is 6.54 Å². The Kier molecular flexibility index (Phi) is 8.10. The normalized spacial score (nSPS) is 37.8. The van der Waals surface area contributed by atoms with E-state index in [0.29, 0.717) is 26.2 Å². The molecule has 16 nitrogen and oxygen atoms in total. The number of nitrogens with zero attached hydrogens (tertiary/aromatic N) is 2. The van der Waals surface area contributed by atoms with Crippen molar-refractivity contribution in [1.82, 2.24) is 5.32 Å². The molecule has 4 aliphatic heterocycles. The lowest BCUT2D eigenvalue weighted by molar-refractivity contribution is -0.769. The Morgan fingerprint density at radius 1 is 0.871 bits per heavy atom. The molecule has 31 heavy (non-hydrogen) atoms. The van der Waals surface area contributed by atoms with E-state index in [4.69, 9.17) is 23.7 Å². The van der Waals surface area contributed by atoms with Crippen molar-refractivity contribution in [2.24, 2.45) is 0 Å². The van der Waals surface area contributed by atoms with E-state index in [1.54, 1.807) is 0 Å². The highest BCUT2D eigenvalue weighted by Gasteiger charge is 2.50. The second-order valence-corrected chi connectivity index (χ2v) is 6.98. The number of carbonyl (C=O) groups excluding carboxylic acids is 1. The number of nitrogens with one attached hydrogen (secondary N) is 1. The number of aliphatic hydroxyl groups excluding tert-OH is 1. The summed E-state index contributed by atoms with van der Waals surface area (Å²) in [6, 6.07) is 0. The number of hydrogen-bond donors (Lipinski definition) is 2. The zero-order valence-corrected chi connectivity index (χ0v) is 16.2. The van der Waals surface area contributed by atoms with Gasteiger partial charge in [0.1, 0.15) is 36.6 Å². The Labute approximate surface area is 174 Å². The number of hydrogen-bond acceptors (Lipinski definition) is 13. The molecule has 4 aliphatic rings. The fourth-order valence-corrected chi connectivity index (χ4v) is 3.75. The quantitative estimate of drug-likeness (QED) is 0.157. The Morgan fingerprint density at radius 2 is 1.35 bits per heavy atom. The van der Waals surface area contributed by atoms with Crippen LogP contribution in [0.3, 0.4) is 0 Å². The van der Waals surface area contributed by atoms with Crippen LogP contribution in [0.2, 0.25) is 0 Å². The second-order valence-electron chi connectivity index (χ2n) is 6.98. The van der Waals surface area contributed by atoms with Crippen LogP contribution in [-0.2, 0) is 38.2 Å². The molecule has 16 heteroatoms. The van der Waals surface area contributed by atoms with Crippen LogP contribution >= 0.6 is 0 Å². The Morgan fingerprint density at radius 3 is 1.94 bits per heavy atom. The van der Waals surface area contributed by atoms with Crippen molar-refractivity contribution in [3.05, 3.63) is 20.2 Å². The number of carbonyl (C=O) groups is 1. The molecule has 4 heterocycles. The van der Waals surface area contributed by atoms with Crippen LogP contribution in [0.1, 0.15) is 0 Å². The summed E-state index contributed by atoms with van der Waals surface area (Å²) in [5.74, 6) is 0. The fraction of sp³-hybridized carbons (Fsp3) is 0.933. The molecule has 0 spiro atoms. The predicted molar refractivity (Wildman–Crippen MR) is 92.5 cm³/mol. The molecule has 0 radical (unpaired) electrons. The number of ether oxygens (including phenoxy) is 5. The number of amides is 1. The fourth-order valence-electron chi connectivity index (χ4n) is 3.75. The lowest BCUT2D eigenvalue weighted by Gasteiger charge is -2.16. The molecular weight excluding hydrogens is 430 g/mol. The maximum atomic E-state index is 10.3. The van der Waals surface area contributed by atoms with Crippen LogP contribution in [0.15, 0.2) is 0 Å². The molecule has 0 aromatic rings. The van der Waals surface area contributed by atoms with Crippen molar-refractivity contribution >= 4 is 6.41 Å².